The van der Waals surface area contributed by atoms with Gasteiger partial charge >= 0.3 is 0 Å². The van der Waals surface area contributed by atoms with Crippen LogP contribution in [-0.2, 0) is 14.8 Å². The maximum Gasteiger partial charge on any atom is 0.264 e. The number of rotatable bonds is 8. The molecule has 38 heavy (non-hydrogen) atoms. The number of hydrogen-bond acceptors (Lipinski definition) is 4. The van der Waals surface area contributed by atoms with Crippen molar-refractivity contribution >= 4 is 39.4 Å². The van der Waals surface area contributed by atoms with Crippen molar-refractivity contribution in [2.45, 2.75) is 32.6 Å². The number of carbonyl (C=O) groups is 1. The average molecular weight is 549 g/mol. The van der Waals surface area contributed by atoms with Crippen molar-refractivity contribution in [3.63, 3.8) is 0 Å². The lowest BCUT2D eigenvalue weighted by Gasteiger charge is -2.24. The molecule has 0 spiro atoms. The zero-order valence-electron chi connectivity index (χ0n) is 21.6. The van der Waals surface area contributed by atoms with Gasteiger partial charge in [0.1, 0.15) is 6.54 Å². The van der Waals surface area contributed by atoms with Crippen LogP contribution >= 0.6 is 11.6 Å². The van der Waals surface area contributed by atoms with E-state index >= 15 is 0 Å². The molecule has 196 valence electrons. The second-order valence-corrected chi connectivity index (χ2v) is 11.3. The molecule has 1 amide bonds. The summed E-state index contributed by atoms with van der Waals surface area (Å²) in [5.74, 6) is -0.592. The fourth-order valence-electron chi connectivity index (χ4n) is 4.21. The molecule has 1 N–H and O–H groups in total. The van der Waals surface area contributed by atoms with Crippen LogP contribution in [0, 0.1) is 27.7 Å². The van der Waals surface area contributed by atoms with E-state index < -0.39 is 22.5 Å². The molecule has 3 aromatic carbocycles. The number of aromatic nitrogens is 1. The van der Waals surface area contributed by atoms with Gasteiger partial charge in [-0.1, -0.05) is 54.1 Å². The van der Waals surface area contributed by atoms with E-state index in [9.17, 15) is 13.2 Å². The Kier molecular flexibility index (Phi) is 8.04. The summed E-state index contributed by atoms with van der Waals surface area (Å²) >= 11 is 6.28. The Balaban J connectivity index is 1.57. The number of nitrogens with zero attached hydrogens (tertiary/aromatic N) is 3. The van der Waals surface area contributed by atoms with Crippen LogP contribution in [0.3, 0.4) is 0 Å². The lowest BCUT2D eigenvalue weighted by molar-refractivity contribution is -0.119. The van der Waals surface area contributed by atoms with Crippen molar-refractivity contribution in [2.24, 2.45) is 5.10 Å². The fourth-order valence-corrected chi connectivity index (χ4v) is 5.82. The van der Waals surface area contributed by atoms with E-state index in [1.165, 1.54) is 18.2 Å². The van der Waals surface area contributed by atoms with Crippen molar-refractivity contribution in [1.29, 1.82) is 0 Å². The van der Waals surface area contributed by atoms with E-state index in [4.69, 9.17) is 11.6 Å². The van der Waals surface area contributed by atoms with Crippen LogP contribution in [0.25, 0.3) is 5.69 Å². The molecule has 0 bridgehead atoms. The van der Waals surface area contributed by atoms with Gasteiger partial charge in [0, 0.05) is 27.7 Å². The molecule has 0 aliphatic heterocycles. The maximum atomic E-state index is 13.5. The Morgan fingerprint density at radius 2 is 1.63 bits per heavy atom. The van der Waals surface area contributed by atoms with Gasteiger partial charge in [-0.15, -0.1) is 0 Å². The third kappa shape index (κ3) is 5.66. The summed E-state index contributed by atoms with van der Waals surface area (Å²) in [7, 11) is -4.04. The Labute approximate surface area is 228 Å². The number of halogens is 1. The van der Waals surface area contributed by atoms with Gasteiger partial charge in [-0.2, -0.15) is 5.10 Å². The molecule has 4 rings (SSSR count). The molecule has 0 fully saturated rings. The first-order chi connectivity index (χ1) is 18.1. The van der Waals surface area contributed by atoms with Crippen LogP contribution in [0.5, 0.6) is 0 Å². The number of hydrazone groups is 1. The minimum Gasteiger partial charge on any atom is -0.318 e. The van der Waals surface area contributed by atoms with E-state index in [-0.39, 0.29) is 10.6 Å². The second-order valence-electron chi connectivity index (χ2n) is 9.00. The van der Waals surface area contributed by atoms with Gasteiger partial charge in [0.2, 0.25) is 0 Å². The Morgan fingerprint density at radius 1 is 0.947 bits per heavy atom. The zero-order valence-corrected chi connectivity index (χ0v) is 23.2. The number of para-hydroxylation sites is 1. The topological polar surface area (TPSA) is 83.8 Å². The van der Waals surface area contributed by atoms with Crippen LogP contribution < -0.4 is 9.73 Å². The number of sulfonamides is 1. The SMILES string of the molecule is Cc1ccc(N(CC(=O)N/N=C/c2cc(C)n(-c3ccccc3C)c2C)S(=O)(=O)c2ccccc2)cc1Cl. The van der Waals surface area contributed by atoms with Crippen molar-refractivity contribution in [3.8, 4) is 5.69 Å². The third-order valence-corrected chi connectivity index (χ3v) is 8.48. The lowest BCUT2D eigenvalue weighted by atomic mass is 10.2. The summed E-state index contributed by atoms with van der Waals surface area (Å²) in [6.45, 7) is 7.39. The number of carbonyl (C=O) groups excluding carboxylic acids is 1. The number of aryl methyl sites for hydroxylation is 3. The van der Waals surface area contributed by atoms with Gasteiger partial charge in [0.25, 0.3) is 15.9 Å². The van der Waals surface area contributed by atoms with E-state index in [1.807, 2.05) is 39.0 Å². The van der Waals surface area contributed by atoms with Gasteiger partial charge in [0.15, 0.2) is 0 Å². The summed E-state index contributed by atoms with van der Waals surface area (Å²) in [4.78, 5) is 13.0. The summed E-state index contributed by atoms with van der Waals surface area (Å²) in [6.07, 6.45) is 1.56. The van der Waals surface area contributed by atoms with Crippen LogP contribution in [-0.4, -0.2) is 31.7 Å². The van der Waals surface area contributed by atoms with E-state index in [0.29, 0.717) is 5.02 Å². The molecule has 7 nitrogen and oxygen atoms in total. The molecular weight excluding hydrogens is 520 g/mol. The molecule has 0 atom stereocenters. The summed E-state index contributed by atoms with van der Waals surface area (Å²) in [6, 6.07) is 22.9. The van der Waals surface area contributed by atoms with Gasteiger partial charge in [0.05, 0.1) is 16.8 Å². The first-order valence-electron chi connectivity index (χ1n) is 12.0. The van der Waals surface area contributed by atoms with E-state index in [2.05, 4.69) is 34.2 Å². The van der Waals surface area contributed by atoms with Crippen molar-refractivity contribution < 1.29 is 13.2 Å². The summed E-state index contributed by atoms with van der Waals surface area (Å²) in [5, 5.41) is 4.52. The van der Waals surface area contributed by atoms with Crippen LogP contribution in [0.15, 0.2) is 88.9 Å². The quantitative estimate of drug-likeness (QED) is 0.226. The first-order valence-corrected chi connectivity index (χ1v) is 13.8. The van der Waals surface area contributed by atoms with Crippen LogP contribution in [0.1, 0.15) is 28.1 Å². The molecule has 0 aliphatic rings. The van der Waals surface area contributed by atoms with Gasteiger partial charge in [-0.25, -0.2) is 13.8 Å². The monoisotopic (exact) mass is 548 g/mol. The number of anilines is 1. The molecule has 0 unspecified atom stereocenters. The molecule has 0 saturated carbocycles. The predicted molar refractivity (Wildman–Crippen MR) is 153 cm³/mol. The summed E-state index contributed by atoms with van der Waals surface area (Å²) < 4.78 is 30.1. The number of nitrogens with one attached hydrogen (secondary N) is 1. The Hall–Kier alpha value is -3.88. The summed E-state index contributed by atoms with van der Waals surface area (Å²) in [5.41, 5.74) is 8.60. The van der Waals surface area contributed by atoms with E-state index in [1.54, 1.807) is 36.5 Å². The van der Waals surface area contributed by atoms with E-state index in [0.717, 1.165) is 38.1 Å². The first kappa shape index (κ1) is 27.2. The molecule has 0 radical (unpaired) electrons. The largest absolute Gasteiger partial charge is 0.318 e. The standard InChI is InChI=1S/C29H29ClN4O3S/c1-20-14-15-25(17-27(20)30)33(38(36,37)26-11-6-5-7-12-26)19-29(35)32-31-18-24-16-22(3)34(23(24)4)28-13-9-8-10-21(28)2/h5-18H,19H2,1-4H3,(H,32,35)/b31-18+. The molecular formula is C29H29ClN4O3S. The number of benzene rings is 3. The molecule has 1 heterocycles. The molecule has 1 aromatic heterocycles. The third-order valence-electron chi connectivity index (χ3n) is 6.28. The zero-order chi connectivity index (χ0) is 27.4. The van der Waals surface area contributed by atoms with Gasteiger partial charge < -0.3 is 4.57 Å². The minimum absolute atomic E-state index is 0.0663. The van der Waals surface area contributed by atoms with Crippen LogP contribution in [0.2, 0.25) is 5.02 Å². The van der Waals surface area contributed by atoms with Crippen molar-refractivity contribution in [3.05, 3.63) is 112 Å². The fraction of sp³-hybridized carbons (Fsp3) is 0.172. The van der Waals surface area contributed by atoms with Gasteiger partial charge in [-0.3, -0.25) is 9.10 Å². The highest BCUT2D eigenvalue weighted by atomic mass is 35.5. The number of amides is 1. The highest BCUT2D eigenvalue weighted by Crippen LogP contribution is 2.28. The predicted octanol–water partition coefficient (Wildman–Crippen LogP) is 5.71. The Bertz CT molecular complexity index is 1610. The maximum absolute atomic E-state index is 13.5. The number of hydrogen-bond donors (Lipinski definition) is 1. The minimum atomic E-state index is -4.04. The van der Waals surface area contributed by atoms with Gasteiger partial charge in [-0.05, 0) is 75.2 Å². The van der Waals surface area contributed by atoms with Crippen molar-refractivity contribution in [2.75, 3.05) is 10.8 Å². The Morgan fingerprint density at radius 3 is 2.32 bits per heavy atom. The molecule has 0 saturated heterocycles. The normalized spacial score (nSPS) is 11.6. The van der Waals surface area contributed by atoms with Crippen molar-refractivity contribution in [1.82, 2.24) is 9.99 Å². The molecule has 4 aromatic rings. The van der Waals surface area contributed by atoms with Crippen LogP contribution in [0.4, 0.5) is 5.69 Å². The molecule has 0 aliphatic carbocycles. The smallest absolute Gasteiger partial charge is 0.264 e. The highest BCUT2D eigenvalue weighted by molar-refractivity contribution is 7.92. The second kappa shape index (κ2) is 11.2. The molecule has 9 heteroatoms. The lowest BCUT2D eigenvalue weighted by Crippen LogP contribution is -2.39. The highest BCUT2D eigenvalue weighted by Gasteiger charge is 2.27. The average Bonchev–Trinajstić information content (AvgIpc) is 3.17.